The van der Waals surface area contributed by atoms with Gasteiger partial charge >= 0.3 is 39.5 Å². The Bertz CT molecular complexity index is 1850. The van der Waals surface area contributed by atoms with E-state index in [0.29, 0.717) is 31.6 Å². The molecule has 3 N–H and O–H groups in total. The number of esters is 4. The fourth-order valence-corrected chi connectivity index (χ4v) is 12.9. The minimum Gasteiger partial charge on any atom is -0.462 e. The molecule has 0 aromatic rings. The zero-order valence-corrected chi connectivity index (χ0v) is 63.4. The predicted octanol–water partition coefficient (Wildman–Crippen LogP) is 21.7. The van der Waals surface area contributed by atoms with E-state index in [-0.39, 0.29) is 25.7 Å². The lowest BCUT2D eigenvalue weighted by Crippen LogP contribution is -2.30. The molecule has 0 bridgehead atoms. The summed E-state index contributed by atoms with van der Waals surface area (Å²) in [6.07, 6.45) is 48.6. The number of ether oxygens (including phenoxy) is 4. The normalized spacial score (nSPS) is 14.4. The van der Waals surface area contributed by atoms with Gasteiger partial charge in [-0.1, -0.05) is 325 Å². The first-order valence-corrected chi connectivity index (χ1v) is 41.7. The van der Waals surface area contributed by atoms with Crippen LogP contribution < -0.4 is 0 Å². The van der Waals surface area contributed by atoms with Crippen molar-refractivity contribution in [2.75, 3.05) is 39.6 Å². The Labute approximate surface area is 575 Å². The monoisotopic (exact) mass is 1380 g/mol. The van der Waals surface area contributed by atoms with Crippen LogP contribution in [0.2, 0.25) is 0 Å². The molecule has 0 aliphatic rings. The van der Waals surface area contributed by atoms with Crippen molar-refractivity contribution in [3.8, 4) is 0 Å². The predicted molar refractivity (Wildman–Crippen MR) is 381 cm³/mol. The summed E-state index contributed by atoms with van der Waals surface area (Å²) in [5.74, 6) is 0.939. The maximum atomic E-state index is 13.1. The van der Waals surface area contributed by atoms with Crippen LogP contribution in [0.25, 0.3) is 0 Å². The number of phosphoric ester groups is 2. The number of hydrogen-bond acceptors (Lipinski definition) is 15. The van der Waals surface area contributed by atoms with E-state index in [0.717, 1.165) is 114 Å². The van der Waals surface area contributed by atoms with Gasteiger partial charge in [0.25, 0.3) is 0 Å². The van der Waals surface area contributed by atoms with Crippen molar-refractivity contribution >= 4 is 39.5 Å². The summed E-state index contributed by atoms with van der Waals surface area (Å²) in [7, 11) is -9.91. The van der Waals surface area contributed by atoms with E-state index < -0.39 is 97.5 Å². The summed E-state index contributed by atoms with van der Waals surface area (Å²) in [5, 5.41) is 10.6. The highest BCUT2D eigenvalue weighted by Gasteiger charge is 2.30. The second-order valence-corrected chi connectivity index (χ2v) is 31.6. The standard InChI is InChI=1S/C75H146O17P2/c1-9-68(8)54-46-38-30-22-14-12-10-11-13-15-24-32-41-49-57-74(79)92-71(62-86-73(78)56-48-40-34-26-29-37-45-53-67(6)7)64-90-94(83,84)88-60-69(76)59-87-93(81,82)89-63-70(91-75(80)58-50-42-33-25-19-17-21-28-36-44-52-66(4)5)61-85-72(77)55-47-39-31-23-18-16-20-27-35-43-51-65(2)3/h65-71,76H,9-64H2,1-8H3,(H,81,82)(H,83,84)/t68?,69?,70-,71-/m1/s1. The lowest BCUT2D eigenvalue weighted by Gasteiger charge is -2.21. The molecule has 0 rings (SSSR count). The number of phosphoric acid groups is 2. The molecule has 17 nitrogen and oxygen atoms in total. The molecular weight excluding hydrogens is 1230 g/mol. The first-order valence-electron chi connectivity index (χ1n) is 38.7. The Kier molecular flexibility index (Phi) is 63.1. The molecular formula is C75H146O17P2. The maximum Gasteiger partial charge on any atom is 0.472 e. The summed E-state index contributed by atoms with van der Waals surface area (Å²) in [4.78, 5) is 72.8. The van der Waals surface area contributed by atoms with Crippen LogP contribution in [0.1, 0.15) is 376 Å². The van der Waals surface area contributed by atoms with Gasteiger partial charge in [-0.05, 0) is 49.4 Å². The summed E-state index contributed by atoms with van der Waals surface area (Å²) in [5.41, 5.74) is 0. The molecule has 0 saturated heterocycles. The first-order chi connectivity index (χ1) is 45.1. The molecule has 558 valence electrons. The van der Waals surface area contributed by atoms with Crippen molar-refractivity contribution in [1.29, 1.82) is 0 Å². The van der Waals surface area contributed by atoms with E-state index >= 15 is 0 Å². The Morgan fingerprint density at radius 1 is 0.298 bits per heavy atom. The molecule has 4 unspecified atom stereocenters. The Balaban J connectivity index is 5.24. The van der Waals surface area contributed by atoms with Crippen LogP contribution in [-0.4, -0.2) is 96.7 Å². The highest BCUT2D eigenvalue weighted by Crippen LogP contribution is 2.45. The van der Waals surface area contributed by atoms with Crippen LogP contribution in [-0.2, 0) is 65.4 Å². The van der Waals surface area contributed by atoms with Crippen LogP contribution >= 0.6 is 15.6 Å². The van der Waals surface area contributed by atoms with E-state index in [4.69, 9.17) is 37.0 Å². The highest BCUT2D eigenvalue weighted by molar-refractivity contribution is 7.47. The number of unbranched alkanes of at least 4 members (excludes halogenated alkanes) is 37. The zero-order chi connectivity index (χ0) is 69.6. The largest absolute Gasteiger partial charge is 0.472 e. The van der Waals surface area contributed by atoms with Gasteiger partial charge < -0.3 is 33.8 Å². The SMILES string of the molecule is CCC(C)CCCCCCCCCCCCCCCCC(=O)O[C@H](COC(=O)CCCCCCCCCC(C)C)COP(=O)(O)OCC(O)COP(=O)(O)OC[C@@H](COC(=O)CCCCCCCCCCCCC(C)C)OC(=O)CCCCCCCCCCCCC(C)C. The van der Waals surface area contributed by atoms with Crippen LogP contribution in [0.5, 0.6) is 0 Å². The van der Waals surface area contributed by atoms with Gasteiger partial charge in [0.1, 0.15) is 19.3 Å². The van der Waals surface area contributed by atoms with Crippen LogP contribution in [0, 0.1) is 23.7 Å². The smallest absolute Gasteiger partial charge is 0.462 e. The van der Waals surface area contributed by atoms with Crippen molar-refractivity contribution < 1.29 is 80.2 Å². The van der Waals surface area contributed by atoms with Gasteiger partial charge in [0.05, 0.1) is 26.4 Å². The third-order valence-electron chi connectivity index (χ3n) is 17.7. The molecule has 0 amide bonds. The number of aliphatic hydroxyl groups excluding tert-OH is 1. The Morgan fingerprint density at radius 3 is 0.755 bits per heavy atom. The second-order valence-electron chi connectivity index (χ2n) is 28.7. The molecule has 0 aliphatic carbocycles. The van der Waals surface area contributed by atoms with E-state index in [1.807, 2.05) is 0 Å². The summed E-state index contributed by atoms with van der Waals surface area (Å²) in [6.45, 7) is 14.2. The van der Waals surface area contributed by atoms with E-state index in [2.05, 4.69) is 55.4 Å². The second kappa shape index (κ2) is 64.4. The summed E-state index contributed by atoms with van der Waals surface area (Å²) in [6, 6.07) is 0. The van der Waals surface area contributed by atoms with Gasteiger partial charge in [-0.3, -0.25) is 37.3 Å². The Morgan fingerprint density at radius 2 is 0.511 bits per heavy atom. The topological polar surface area (TPSA) is 237 Å². The van der Waals surface area contributed by atoms with Gasteiger partial charge in [-0.2, -0.15) is 0 Å². The zero-order valence-electron chi connectivity index (χ0n) is 61.6. The fourth-order valence-electron chi connectivity index (χ4n) is 11.3. The highest BCUT2D eigenvalue weighted by atomic mass is 31.2. The van der Waals surface area contributed by atoms with Crippen LogP contribution in [0.4, 0.5) is 0 Å². The van der Waals surface area contributed by atoms with E-state index in [9.17, 15) is 43.2 Å². The quantitative estimate of drug-likeness (QED) is 0.0222. The molecule has 0 fully saturated rings. The molecule has 19 heteroatoms. The molecule has 0 aromatic heterocycles. The Hall–Kier alpha value is -1.94. The molecule has 0 aromatic carbocycles. The van der Waals surface area contributed by atoms with E-state index in [1.54, 1.807) is 0 Å². The third kappa shape index (κ3) is 67.3. The molecule has 0 aliphatic heterocycles. The van der Waals surface area contributed by atoms with Gasteiger partial charge in [-0.15, -0.1) is 0 Å². The van der Waals surface area contributed by atoms with Crippen molar-refractivity contribution in [1.82, 2.24) is 0 Å². The van der Waals surface area contributed by atoms with Crippen LogP contribution in [0.3, 0.4) is 0 Å². The minimum atomic E-state index is -4.96. The van der Waals surface area contributed by atoms with Crippen molar-refractivity contribution in [2.24, 2.45) is 23.7 Å². The van der Waals surface area contributed by atoms with Gasteiger partial charge in [0.15, 0.2) is 12.2 Å². The summed E-state index contributed by atoms with van der Waals surface area (Å²) >= 11 is 0. The minimum absolute atomic E-state index is 0.105. The van der Waals surface area contributed by atoms with Gasteiger partial charge in [0.2, 0.25) is 0 Å². The number of rotatable bonds is 72. The number of hydrogen-bond donors (Lipinski definition) is 3. The molecule has 0 radical (unpaired) electrons. The molecule has 94 heavy (non-hydrogen) atoms. The molecule has 0 heterocycles. The van der Waals surface area contributed by atoms with E-state index in [1.165, 1.54) is 173 Å². The number of carbonyl (C=O) groups is 4. The molecule has 6 atom stereocenters. The van der Waals surface area contributed by atoms with Crippen molar-refractivity contribution in [2.45, 2.75) is 395 Å². The van der Waals surface area contributed by atoms with Gasteiger partial charge in [0, 0.05) is 25.7 Å². The lowest BCUT2D eigenvalue weighted by atomic mass is 9.99. The first kappa shape index (κ1) is 92.1. The van der Waals surface area contributed by atoms with Gasteiger partial charge in [-0.25, -0.2) is 9.13 Å². The third-order valence-corrected chi connectivity index (χ3v) is 19.6. The lowest BCUT2D eigenvalue weighted by molar-refractivity contribution is -0.161. The molecule has 0 saturated carbocycles. The molecule has 0 spiro atoms. The fraction of sp³-hybridized carbons (Fsp3) is 0.947. The average Bonchev–Trinajstić information content (AvgIpc) is 1.12. The van der Waals surface area contributed by atoms with Crippen LogP contribution in [0.15, 0.2) is 0 Å². The summed E-state index contributed by atoms with van der Waals surface area (Å²) < 4.78 is 68.5. The number of aliphatic hydroxyl groups is 1. The number of carbonyl (C=O) groups excluding carboxylic acids is 4. The van der Waals surface area contributed by atoms with Crippen molar-refractivity contribution in [3.05, 3.63) is 0 Å². The maximum absolute atomic E-state index is 13.1. The van der Waals surface area contributed by atoms with Crippen molar-refractivity contribution in [3.63, 3.8) is 0 Å². The average molecular weight is 1380 g/mol.